The van der Waals surface area contributed by atoms with Crippen molar-refractivity contribution in [1.29, 1.82) is 0 Å². The highest BCUT2D eigenvalue weighted by molar-refractivity contribution is 5.83. The number of hydrogen-bond acceptors (Lipinski definition) is 7. The Kier molecular flexibility index (Phi) is 8.53. The summed E-state index contributed by atoms with van der Waals surface area (Å²) in [5.74, 6) is 1.48. The number of carbonyl (C=O) groups is 2. The Balaban J connectivity index is 1.09. The van der Waals surface area contributed by atoms with Crippen molar-refractivity contribution in [1.82, 2.24) is 29.7 Å². The third-order valence-electron chi connectivity index (χ3n) is 9.66. The zero-order valence-corrected chi connectivity index (χ0v) is 30.0. The van der Waals surface area contributed by atoms with Gasteiger partial charge in [0.1, 0.15) is 22.9 Å². The first kappa shape index (κ1) is 33.8. The van der Waals surface area contributed by atoms with Crippen LogP contribution in [0.3, 0.4) is 0 Å². The number of amides is 2. The average Bonchev–Trinajstić information content (AvgIpc) is 3.84. The minimum Gasteiger partial charge on any atom is -0.444 e. The van der Waals surface area contributed by atoms with Crippen molar-refractivity contribution in [2.45, 2.75) is 90.5 Å². The highest BCUT2D eigenvalue weighted by atomic mass is 16.6. The molecule has 3 atom stereocenters. The number of imidazole rings is 2. The van der Waals surface area contributed by atoms with Gasteiger partial charge in [-0.05, 0) is 90.5 Å². The van der Waals surface area contributed by atoms with E-state index in [-0.39, 0.29) is 29.7 Å². The van der Waals surface area contributed by atoms with Crippen LogP contribution in [0.15, 0.2) is 60.8 Å². The lowest BCUT2D eigenvalue weighted by Gasteiger charge is -2.33. The van der Waals surface area contributed by atoms with E-state index >= 15 is 0 Å². The van der Waals surface area contributed by atoms with Crippen LogP contribution in [-0.2, 0) is 14.2 Å². The van der Waals surface area contributed by atoms with Gasteiger partial charge in [-0.2, -0.15) is 0 Å². The zero-order chi connectivity index (χ0) is 35.4. The first-order valence-corrected chi connectivity index (χ1v) is 17.5. The summed E-state index contributed by atoms with van der Waals surface area (Å²) in [7, 11) is 0. The Labute approximate surface area is 293 Å². The summed E-state index contributed by atoms with van der Waals surface area (Å²) in [6.45, 7) is 17.8. The van der Waals surface area contributed by atoms with Crippen LogP contribution in [0.2, 0.25) is 0 Å². The maximum atomic E-state index is 13.4. The fraction of sp³-hybridized carbons (Fsp3) is 0.487. The SMILES string of the molecule is C=C1C[C@@H](c2nc(-c3ccc(-c4ccc5[nH]c([C@@H]6C[C@@]7(CCCOC7)CN6C(=O)OC(C)(C)C)nc5c4)cc3)c[nH]2)N(C(=O)OC(C)(C)C)C1. The molecule has 3 fully saturated rings. The zero-order valence-electron chi connectivity index (χ0n) is 30.0. The topological polar surface area (TPSA) is 126 Å². The summed E-state index contributed by atoms with van der Waals surface area (Å²) < 4.78 is 17.4. The number of ether oxygens (including phenoxy) is 3. The lowest BCUT2D eigenvalue weighted by molar-refractivity contribution is -0.00755. The molecule has 50 heavy (non-hydrogen) atoms. The van der Waals surface area contributed by atoms with E-state index in [1.165, 1.54) is 0 Å². The molecule has 264 valence electrons. The Bertz CT molecular complexity index is 1910. The summed E-state index contributed by atoms with van der Waals surface area (Å²) in [6, 6.07) is 14.0. The van der Waals surface area contributed by atoms with Crippen LogP contribution in [-0.4, -0.2) is 79.4 Å². The third-order valence-corrected chi connectivity index (χ3v) is 9.66. The molecule has 7 rings (SSSR count). The largest absolute Gasteiger partial charge is 0.444 e. The van der Waals surface area contributed by atoms with Gasteiger partial charge in [-0.3, -0.25) is 9.80 Å². The molecule has 2 N–H and O–H groups in total. The number of rotatable bonds is 4. The second kappa shape index (κ2) is 12.6. The van der Waals surface area contributed by atoms with E-state index in [4.69, 9.17) is 24.2 Å². The van der Waals surface area contributed by atoms with Crippen LogP contribution in [0.1, 0.15) is 91.0 Å². The fourth-order valence-electron chi connectivity index (χ4n) is 7.42. The molecule has 2 amide bonds. The second-order valence-electron chi connectivity index (χ2n) is 16.2. The van der Waals surface area contributed by atoms with Gasteiger partial charge in [-0.25, -0.2) is 19.6 Å². The number of hydrogen-bond donors (Lipinski definition) is 2. The fourth-order valence-corrected chi connectivity index (χ4v) is 7.42. The Hall–Kier alpha value is -4.64. The Morgan fingerprint density at radius 3 is 2.26 bits per heavy atom. The number of aromatic nitrogens is 4. The first-order valence-electron chi connectivity index (χ1n) is 17.5. The summed E-state index contributed by atoms with van der Waals surface area (Å²) >= 11 is 0. The molecule has 11 nitrogen and oxygen atoms in total. The molecule has 11 heteroatoms. The minimum atomic E-state index is -0.591. The molecule has 3 aliphatic rings. The molecule has 2 aromatic carbocycles. The number of nitrogens with zero attached hydrogens (tertiary/aromatic N) is 4. The monoisotopic (exact) mass is 680 g/mol. The second-order valence-corrected chi connectivity index (χ2v) is 16.2. The lowest BCUT2D eigenvalue weighted by atomic mass is 9.80. The van der Waals surface area contributed by atoms with Crippen LogP contribution < -0.4 is 0 Å². The summed E-state index contributed by atoms with van der Waals surface area (Å²) in [5.41, 5.74) is 5.31. The molecule has 0 radical (unpaired) electrons. The van der Waals surface area contributed by atoms with Crippen LogP contribution in [0.25, 0.3) is 33.4 Å². The van der Waals surface area contributed by atoms with Crippen molar-refractivity contribution in [3.8, 4) is 22.4 Å². The van der Waals surface area contributed by atoms with Gasteiger partial charge >= 0.3 is 12.2 Å². The molecule has 3 aliphatic heterocycles. The Morgan fingerprint density at radius 2 is 1.58 bits per heavy atom. The van der Waals surface area contributed by atoms with Gasteiger partial charge in [-0.1, -0.05) is 42.5 Å². The number of likely N-dealkylation sites (tertiary alicyclic amines) is 2. The molecule has 2 aromatic heterocycles. The van der Waals surface area contributed by atoms with Crippen molar-refractivity contribution in [2.75, 3.05) is 26.3 Å². The van der Waals surface area contributed by atoms with Crippen molar-refractivity contribution in [3.05, 3.63) is 72.5 Å². The number of benzene rings is 2. The van der Waals surface area contributed by atoms with E-state index in [1.807, 2.05) is 58.7 Å². The normalized spacial score (nSPS) is 22.9. The van der Waals surface area contributed by atoms with Crippen molar-refractivity contribution in [3.63, 3.8) is 0 Å². The quantitative estimate of drug-likeness (QED) is 0.208. The van der Waals surface area contributed by atoms with Crippen LogP contribution in [0.4, 0.5) is 9.59 Å². The van der Waals surface area contributed by atoms with Gasteiger partial charge in [0.2, 0.25) is 0 Å². The molecule has 0 unspecified atom stereocenters. The van der Waals surface area contributed by atoms with E-state index in [0.717, 1.165) is 70.7 Å². The molecular weight excluding hydrogens is 632 g/mol. The van der Waals surface area contributed by atoms with Gasteiger partial charge in [0.15, 0.2) is 0 Å². The predicted octanol–water partition coefficient (Wildman–Crippen LogP) is 8.34. The number of fused-ring (bicyclic) bond motifs is 1. The molecule has 0 saturated carbocycles. The van der Waals surface area contributed by atoms with Crippen molar-refractivity contribution >= 4 is 23.2 Å². The van der Waals surface area contributed by atoms with Crippen LogP contribution in [0, 0.1) is 5.41 Å². The molecule has 4 aromatic rings. The summed E-state index contributed by atoms with van der Waals surface area (Å²) in [6.07, 6.45) is 4.62. The minimum absolute atomic E-state index is 0.0933. The van der Waals surface area contributed by atoms with Crippen LogP contribution >= 0.6 is 0 Å². The standard InChI is InChI=1S/C39H48N6O5/c1-24-17-31(44(21-24)35(46)49-37(2,3)4)33-40-20-30(43-33)26-11-9-25(10-12-26)27-13-14-28-29(18-27)42-34(41-28)32-19-39(15-8-16-48-23-39)22-45(32)36(47)50-38(5,6)7/h9-14,18,20,31-32H,1,8,15-17,19,21-23H2,2-7H3,(H,40,43)(H,41,42)/t31-,32-,39-/m0/s1. The number of aromatic amines is 2. The molecule has 1 spiro atoms. The highest BCUT2D eigenvalue weighted by Crippen LogP contribution is 2.47. The molecule has 0 aliphatic carbocycles. The molecule has 5 heterocycles. The number of carbonyl (C=O) groups excluding carboxylic acids is 2. The Morgan fingerprint density at radius 1 is 0.900 bits per heavy atom. The maximum Gasteiger partial charge on any atom is 0.411 e. The molecular formula is C39H48N6O5. The van der Waals surface area contributed by atoms with Gasteiger partial charge in [0.05, 0.1) is 35.4 Å². The highest BCUT2D eigenvalue weighted by Gasteiger charge is 2.49. The average molecular weight is 681 g/mol. The molecule has 0 bridgehead atoms. The van der Waals surface area contributed by atoms with Gasteiger partial charge in [0, 0.05) is 36.9 Å². The summed E-state index contributed by atoms with van der Waals surface area (Å²) in [5, 5.41) is 0. The van der Waals surface area contributed by atoms with E-state index in [2.05, 4.69) is 52.9 Å². The van der Waals surface area contributed by atoms with E-state index < -0.39 is 11.2 Å². The van der Waals surface area contributed by atoms with Gasteiger partial charge in [0.25, 0.3) is 0 Å². The molecule has 3 saturated heterocycles. The third kappa shape index (κ3) is 7.01. The predicted molar refractivity (Wildman–Crippen MR) is 191 cm³/mol. The van der Waals surface area contributed by atoms with Crippen molar-refractivity contribution in [2.24, 2.45) is 5.41 Å². The lowest BCUT2D eigenvalue weighted by Crippen LogP contribution is -2.40. The van der Waals surface area contributed by atoms with Gasteiger partial charge < -0.3 is 24.2 Å². The maximum absolute atomic E-state index is 13.4. The van der Waals surface area contributed by atoms with Crippen LogP contribution in [0.5, 0.6) is 0 Å². The number of nitrogens with one attached hydrogen (secondary N) is 2. The van der Waals surface area contributed by atoms with E-state index in [9.17, 15) is 9.59 Å². The van der Waals surface area contributed by atoms with E-state index in [0.29, 0.717) is 31.9 Å². The smallest absolute Gasteiger partial charge is 0.411 e. The number of H-pyrrole nitrogens is 2. The van der Waals surface area contributed by atoms with Crippen molar-refractivity contribution < 1.29 is 23.8 Å². The van der Waals surface area contributed by atoms with Gasteiger partial charge in [-0.15, -0.1) is 0 Å². The van der Waals surface area contributed by atoms with E-state index in [1.54, 1.807) is 4.90 Å². The summed E-state index contributed by atoms with van der Waals surface area (Å²) in [4.78, 5) is 46.6. The first-order chi connectivity index (χ1) is 23.7.